The molecule has 17 heavy (non-hydrogen) atoms. The van der Waals surface area contributed by atoms with Crippen molar-refractivity contribution in [3.63, 3.8) is 0 Å². The number of rotatable bonds is 4. The van der Waals surface area contributed by atoms with Crippen molar-refractivity contribution in [1.29, 1.82) is 0 Å². The highest BCUT2D eigenvalue weighted by Crippen LogP contribution is 2.32. The Balaban J connectivity index is 1.89. The lowest BCUT2D eigenvalue weighted by molar-refractivity contribution is -0.119. The normalized spacial score (nSPS) is 29.8. The molecule has 2 atom stereocenters. The van der Waals surface area contributed by atoms with Crippen LogP contribution in [0.3, 0.4) is 0 Å². The van der Waals surface area contributed by atoms with Gasteiger partial charge in [-0.3, -0.25) is 0 Å². The van der Waals surface area contributed by atoms with Crippen LogP contribution in [0.5, 0.6) is 0 Å². The fourth-order valence-electron chi connectivity index (χ4n) is 2.40. The maximum Gasteiger partial charge on any atom is 0.0697 e. The molecule has 1 N–H and O–H groups in total. The zero-order valence-corrected chi connectivity index (χ0v) is 11.5. The van der Waals surface area contributed by atoms with E-state index < -0.39 is 5.60 Å². The topological polar surface area (TPSA) is 29.5 Å². The van der Waals surface area contributed by atoms with Gasteiger partial charge < -0.3 is 9.84 Å². The molecular formula is C14H22O2S. The Hall–Kier alpha value is -0.380. The lowest BCUT2D eigenvalue weighted by Crippen LogP contribution is -2.43. The Morgan fingerprint density at radius 3 is 3.06 bits per heavy atom. The largest absolute Gasteiger partial charge is 0.390 e. The van der Waals surface area contributed by atoms with Crippen LogP contribution in [0, 0.1) is 5.92 Å². The first-order valence-corrected chi connectivity index (χ1v) is 7.38. The van der Waals surface area contributed by atoms with E-state index in [1.165, 1.54) is 5.56 Å². The first-order valence-electron chi connectivity index (χ1n) is 6.44. The molecule has 1 saturated heterocycles. The van der Waals surface area contributed by atoms with E-state index in [0.29, 0.717) is 12.5 Å². The zero-order valence-electron chi connectivity index (χ0n) is 10.7. The van der Waals surface area contributed by atoms with Gasteiger partial charge in [0.2, 0.25) is 0 Å². The molecule has 0 saturated carbocycles. The third-order valence-electron chi connectivity index (χ3n) is 3.68. The quantitative estimate of drug-likeness (QED) is 0.893. The van der Waals surface area contributed by atoms with E-state index >= 15 is 0 Å². The van der Waals surface area contributed by atoms with Crippen molar-refractivity contribution in [2.75, 3.05) is 6.61 Å². The lowest BCUT2D eigenvalue weighted by Gasteiger charge is -2.38. The van der Waals surface area contributed by atoms with Crippen molar-refractivity contribution in [2.45, 2.75) is 51.2 Å². The molecular weight excluding hydrogens is 232 g/mol. The summed E-state index contributed by atoms with van der Waals surface area (Å²) in [5, 5.41) is 14.9. The van der Waals surface area contributed by atoms with Gasteiger partial charge in [-0.15, -0.1) is 0 Å². The van der Waals surface area contributed by atoms with Gasteiger partial charge in [0.25, 0.3) is 0 Å². The van der Waals surface area contributed by atoms with Gasteiger partial charge >= 0.3 is 0 Å². The summed E-state index contributed by atoms with van der Waals surface area (Å²) in [5.41, 5.74) is 0.825. The molecule has 0 spiro atoms. The summed E-state index contributed by atoms with van der Waals surface area (Å²) >= 11 is 1.72. The minimum Gasteiger partial charge on any atom is -0.390 e. The van der Waals surface area contributed by atoms with E-state index in [4.69, 9.17) is 4.74 Å². The average molecular weight is 254 g/mol. The Morgan fingerprint density at radius 1 is 1.59 bits per heavy atom. The third kappa shape index (κ3) is 3.54. The molecule has 1 aliphatic rings. The van der Waals surface area contributed by atoms with E-state index in [9.17, 15) is 5.11 Å². The second-order valence-corrected chi connectivity index (χ2v) is 6.24. The molecule has 1 aromatic heterocycles. The van der Waals surface area contributed by atoms with Gasteiger partial charge in [-0.25, -0.2) is 0 Å². The molecule has 2 rings (SSSR count). The van der Waals surface area contributed by atoms with Gasteiger partial charge in [0.15, 0.2) is 0 Å². The van der Waals surface area contributed by atoms with Crippen LogP contribution in [0.25, 0.3) is 0 Å². The lowest BCUT2D eigenvalue weighted by atomic mass is 9.82. The first-order chi connectivity index (χ1) is 8.09. The second kappa shape index (κ2) is 5.51. The fourth-order valence-corrected chi connectivity index (χ4v) is 3.11. The highest BCUT2D eigenvalue weighted by molar-refractivity contribution is 7.07. The molecule has 2 nitrogen and oxygen atoms in total. The van der Waals surface area contributed by atoms with Crippen LogP contribution in [0.15, 0.2) is 16.8 Å². The fraction of sp³-hybridized carbons (Fsp3) is 0.714. The van der Waals surface area contributed by atoms with Crippen LogP contribution in [-0.4, -0.2) is 23.4 Å². The maximum absolute atomic E-state index is 10.6. The number of ether oxygens (including phenoxy) is 1. The van der Waals surface area contributed by atoms with Crippen molar-refractivity contribution in [2.24, 2.45) is 5.92 Å². The van der Waals surface area contributed by atoms with Crippen LogP contribution in [0.1, 0.15) is 38.7 Å². The molecule has 2 heterocycles. The van der Waals surface area contributed by atoms with Crippen molar-refractivity contribution < 1.29 is 9.84 Å². The van der Waals surface area contributed by atoms with Crippen LogP contribution in [0.2, 0.25) is 0 Å². The molecule has 1 aromatic rings. The SMILES string of the molecule is CC(C)C1CC(O)(CCc2ccsc2)CCO1. The Morgan fingerprint density at radius 2 is 2.41 bits per heavy atom. The summed E-state index contributed by atoms with van der Waals surface area (Å²) < 4.78 is 5.71. The summed E-state index contributed by atoms with van der Waals surface area (Å²) in [6.07, 6.45) is 3.62. The highest BCUT2D eigenvalue weighted by Gasteiger charge is 2.35. The molecule has 2 unspecified atom stereocenters. The first kappa shape index (κ1) is 13.1. The second-order valence-electron chi connectivity index (χ2n) is 5.46. The number of hydrogen-bond acceptors (Lipinski definition) is 3. The van der Waals surface area contributed by atoms with Crippen molar-refractivity contribution in [3.05, 3.63) is 22.4 Å². The summed E-state index contributed by atoms with van der Waals surface area (Å²) in [6.45, 7) is 5.02. The van der Waals surface area contributed by atoms with E-state index in [2.05, 4.69) is 30.7 Å². The predicted octanol–water partition coefficient (Wildman–Crippen LogP) is 3.25. The van der Waals surface area contributed by atoms with E-state index in [1.807, 2.05) is 0 Å². The van der Waals surface area contributed by atoms with Gasteiger partial charge in [0.1, 0.15) is 0 Å². The molecule has 0 amide bonds. The molecule has 3 heteroatoms. The van der Waals surface area contributed by atoms with Crippen LogP contribution >= 0.6 is 11.3 Å². The number of hydrogen-bond donors (Lipinski definition) is 1. The number of thiophene rings is 1. The summed E-state index contributed by atoms with van der Waals surface area (Å²) in [4.78, 5) is 0. The van der Waals surface area contributed by atoms with Gasteiger partial charge in [-0.1, -0.05) is 13.8 Å². The molecule has 0 aliphatic carbocycles. The van der Waals surface area contributed by atoms with Crippen molar-refractivity contribution >= 4 is 11.3 Å². The number of aryl methyl sites for hydroxylation is 1. The maximum atomic E-state index is 10.6. The van der Waals surface area contributed by atoms with Gasteiger partial charge in [0.05, 0.1) is 11.7 Å². The average Bonchev–Trinajstić information content (AvgIpc) is 2.79. The van der Waals surface area contributed by atoms with Crippen LogP contribution in [-0.2, 0) is 11.2 Å². The Bertz CT molecular complexity index is 334. The predicted molar refractivity (Wildman–Crippen MR) is 71.4 cm³/mol. The van der Waals surface area contributed by atoms with Crippen LogP contribution in [0.4, 0.5) is 0 Å². The van der Waals surface area contributed by atoms with E-state index in [-0.39, 0.29) is 6.10 Å². The van der Waals surface area contributed by atoms with Gasteiger partial charge in [-0.2, -0.15) is 11.3 Å². The Labute approximate surface area is 108 Å². The standard InChI is InChI=1S/C14H22O2S/c1-11(2)13-9-14(15,6-7-16-13)5-3-12-4-8-17-10-12/h4,8,10-11,13,15H,3,5-7,9H2,1-2H3. The molecule has 1 aliphatic heterocycles. The highest BCUT2D eigenvalue weighted by atomic mass is 32.1. The molecule has 0 bridgehead atoms. The Kier molecular flexibility index (Phi) is 4.23. The smallest absolute Gasteiger partial charge is 0.0697 e. The summed E-state index contributed by atoms with van der Waals surface area (Å²) in [6, 6.07) is 2.15. The van der Waals surface area contributed by atoms with Gasteiger partial charge in [-0.05, 0) is 47.6 Å². The third-order valence-corrected chi connectivity index (χ3v) is 4.42. The zero-order chi connectivity index (χ0) is 12.3. The summed E-state index contributed by atoms with van der Waals surface area (Å²) in [5.74, 6) is 0.489. The minimum absolute atomic E-state index is 0.219. The molecule has 0 aromatic carbocycles. The van der Waals surface area contributed by atoms with E-state index in [0.717, 1.165) is 25.7 Å². The van der Waals surface area contributed by atoms with Crippen LogP contribution < -0.4 is 0 Å². The molecule has 0 radical (unpaired) electrons. The minimum atomic E-state index is -0.519. The molecule has 1 fully saturated rings. The van der Waals surface area contributed by atoms with Crippen molar-refractivity contribution in [1.82, 2.24) is 0 Å². The molecule has 96 valence electrons. The van der Waals surface area contributed by atoms with Crippen molar-refractivity contribution in [3.8, 4) is 0 Å². The van der Waals surface area contributed by atoms with E-state index in [1.54, 1.807) is 11.3 Å². The summed E-state index contributed by atoms with van der Waals surface area (Å²) in [7, 11) is 0. The number of aliphatic hydroxyl groups is 1. The van der Waals surface area contributed by atoms with Gasteiger partial charge in [0, 0.05) is 13.0 Å². The monoisotopic (exact) mass is 254 g/mol.